The summed E-state index contributed by atoms with van der Waals surface area (Å²) in [6, 6.07) is 12.6. The summed E-state index contributed by atoms with van der Waals surface area (Å²) >= 11 is 0. The number of carbonyl (C=O) groups excluding carboxylic acids is 1. The summed E-state index contributed by atoms with van der Waals surface area (Å²) in [5.41, 5.74) is 0. The van der Waals surface area contributed by atoms with Gasteiger partial charge in [-0.3, -0.25) is 9.69 Å². The summed E-state index contributed by atoms with van der Waals surface area (Å²) in [4.78, 5) is 14.4. The van der Waals surface area contributed by atoms with E-state index < -0.39 is 0 Å². The number of para-hydroxylation sites is 1. The maximum atomic E-state index is 12.1. The van der Waals surface area contributed by atoms with Crippen molar-refractivity contribution in [1.82, 2.24) is 15.5 Å². The summed E-state index contributed by atoms with van der Waals surface area (Å²) < 4.78 is 11.0. The summed E-state index contributed by atoms with van der Waals surface area (Å²) in [6.07, 6.45) is 0. The van der Waals surface area contributed by atoms with Crippen LogP contribution in [-0.2, 0) is 0 Å². The fraction of sp³-hybridized carbons (Fsp3) is 0.353. The van der Waals surface area contributed by atoms with Crippen molar-refractivity contribution in [2.24, 2.45) is 0 Å². The first-order valence-corrected chi connectivity index (χ1v) is 7.85. The van der Waals surface area contributed by atoms with Gasteiger partial charge in [0, 0.05) is 45.3 Å². The van der Waals surface area contributed by atoms with E-state index in [1.807, 2.05) is 30.3 Å². The third-order valence-corrected chi connectivity index (χ3v) is 3.69. The molecule has 1 saturated heterocycles. The number of hydrogen-bond donors (Lipinski definition) is 2. The predicted molar refractivity (Wildman–Crippen MR) is 86.9 cm³/mol. The molecule has 2 N–H and O–H groups in total. The van der Waals surface area contributed by atoms with E-state index in [2.05, 4.69) is 15.5 Å². The highest BCUT2D eigenvalue weighted by molar-refractivity contribution is 5.91. The highest BCUT2D eigenvalue weighted by Gasteiger charge is 2.13. The fourth-order valence-corrected chi connectivity index (χ4v) is 2.45. The third kappa shape index (κ3) is 4.58. The lowest BCUT2D eigenvalue weighted by Crippen LogP contribution is -2.46. The van der Waals surface area contributed by atoms with Crippen LogP contribution in [0.25, 0.3) is 0 Å². The van der Waals surface area contributed by atoms with Gasteiger partial charge >= 0.3 is 0 Å². The molecule has 1 aliphatic heterocycles. The van der Waals surface area contributed by atoms with Gasteiger partial charge in [0.2, 0.25) is 0 Å². The Bertz CT molecular complexity index is 621. The molecule has 0 bridgehead atoms. The average Bonchev–Trinajstić information content (AvgIpc) is 3.05. The van der Waals surface area contributed by atoms with Gasteiger partial charge in [-0.25, -0.2) is 0 Å². The Labute approximate surface area is 135 Å². The number of hydrogen-bond acceptors (Lipinski definition) is 5. The number of nitrogens with one attached hydrogen (secondary N) is 2. The number of nitrogens with zero attached hydrogens (tertiary/aromatic N) is 1. The van der Waals surface area contributed by atoms with Crippen LogP contribution in [0.3, 0.4) is 0 Å². The first-order valence-electron chi connectivity index (χ1n) is 7.85. The molecule has 0 atom stereocenters. The second kappa shape index (κ2) is 7.80. The van der Waals surface area contributed by atoms with Gasteiger partial charge in [0.15, 0.2) is 5.76 Å². The van der Waals surface area contributed by atoms with E-state index in [0.717, 1.165) is 32.7 Å². The van der Waals surface area contributed by atoms with E-state index in [-0.39, 0.29) is 11.7 Å². The highest BCUT2D eigenvalue weighted by Crippen LogP contribution is 2.23. The van der Waals surface area contributed by atoms with Crippen molar-refractivity contribution in [3.63, 3.8) is 0 Å². The van der Waals surface area contributed by atoms with Crippen LogP contribution in [0.2, 0.25) is 0 Å². The summed E-state index contributed by atoms with van der Waals surface area (Å²) in [7, 11) is 0. The molecule has 2 aromatic rings. The molecule has 23 heavy (non-hydrogen) atoms. The lowest BCUT2D eigenvalue weighted by atomic mass is 10.3. The van der Waals surface area contributed by atoms with Crippen molar-refractivity contribution in [2.45, 2.75) is 0 Å². The first-order chi connectivity index (χ1) is 11.3. The van der Waals surface area contributed by atoms with Gasteiger partial charge in [-0.1, -0.05) is 18.2 Å². The van der Waals surface area contributed by atoms with Gasteiger partial charge < -0.3 is 19.8 Å². The SMILES string of the molecule is O=C(NCCN1CCNCC1)c1ccc(Oc2ccccc2)o1. The zero-order valence-corrected chi connectivity index (χ0v) is 13.0. The first kappa shape index (κ1) is 15.6. The molecule has 0 aliphatic carbocycles. The van der Waals surface area contributed by atoms with Crippen molar-refractivity contribution < 1.29 is 13.9 Å². The fourth-order valence-electron chi connectivity index (χ4n) is 2.45. The van der Waals surface area contributed by atoms with E-state index in [9.17, 15) is 4.79 Å². The number of rotatable bonds is 6. The smallest absolute Gasteiger partial charge is 0.290 e. The van der Waals surface area contributed by atoms with Crippen LogP contribution < -0.4 is 15.4 Å². The van der Waals surface area contributed by atoms with Gasteiger partial charge in [0.25, 0.3) is 11.9 Å². The molecule has 0 saturated carbocycles. The van der Waals surface area contributed by atoms with Gasteiger partial charge in [0.1, 0.15) is 5.75 Å². The molecular formula is C17H21N3O3. The minimum Gasteiger partial charge on any atom is -0.426 e. The van der Waals surface area contributed by atoms with Gasteiger partial charge in [-0.15, -0.1) is 0 Å². The molecule has 6 nitrogen and oxygen atoms in total. The topological polar surface area (TPSA) is 66.7 Å². The third-order valence-electron chi connectivity index (χ3n) is 3.69. The summed E-state index contributed by atoms with van der Waals surface area (Å²) in [5, 5.41) is 6.18. The number of piperazine rings is 1. The summed E-state index contributed by atoms with van der Waals surface area (Å²) in [5.74, 6) is 1.02. The molecule has 0 spiro atoms. The van der Waals surface area contributed by atoms with Crippen molar-refractivity contribution in [3.8, 4) is 11.7 Å². The van der Waals surface area contributed by atoms with Crippen LogP contribution in [0.5, 0.6) is 11.7 Å². The lowest BCUT2D eigenvalue weighted by molar-refractivity contribution is 0.0914. The van der Waals surface area contributed by atoms with E-state index in [0.29, 0.717) is 18.2 Å². The number of benzene rings is 1. The molecule has 1 aromatic carbocycles. The molecule has 1 fully saturated rings. The number of amides is 1. The highest BCUT2D eigenvalue weighted by atomic mass is 16.6. The zero-order chi connectivity index (χ0) is 15.9. The van der Waals surface area contributed by atoms with Crippen LogP contribution in [0.15, 0.2) is 46.9 Å². The molecule has 122 valence electrons. The predicted octanol–water partition coefficient (Wildman–Crippen LogP) is 1.71. The zero-order valence-electron chi connectivity index (χ0n) is 13.0. The average molecular weight is 315 g/mol. The van der Waals surface area contributed by atoms with Crippen LogP contribution in [0.1, 0.15) is 10.6 Å². The second-order valence-corrected chi connectivity index (χ2v) is 5.38. The second-order valence-electron chi connectivity index (χ2n) is 5.38. The molecular weight excluding hydrogens is 294 g/mol. The molecule has 1 amide bonds. The maximum Gasteiger partial charge on any atom is 0.290 e. The van der Waals surface area contributed by atoms with E-state index in [1.165, 1.54) is 0 Å². The Morgan fingerprint density at radius 3 is 2.74 bits per heavy atom. The van der Waals surface area contributed by atoms with Crippen LogP contribution >= 0.6 is 0 Å². The Balaban J connectivity index is 1.46. The number of carbonyl (C=O) groups is 1. The number of furan rings is 1. The van der Waals surface area contributed by atoms with Gasteiger partial charge in [-0.05, 0) is 18.2 Å². The normalized spacial score (nSPS) is 15.3. The van der Waals surface area contributed by atoms with Crippen molar-refractivity contribution in [3.05, 3.63) is 48.2 Å². The van der Waals surface area contributed by atoms with Crippen molar-refractivity contribution in [1.29, 1.82) is 0 Å². The molecule has 6 heteroatoms. The molecule has 1 aromatic heterocycles. The Morgan fingerprint density at radius 1 is 1.17 bits per heavy atom. The van der Waals surface area contributed by atoms with Crippen LogP contribution in [0, 0.1) is 0 Å². The quantitative estimate of drug-likeness (QED) is 0.849. The van der Waals surface area contributed by atoms with E-state index in [1.54, 1.807) is 12.1 Å². The Kier molecular flexibility index (Phi) is 5.29. The number of ether oxygens (including phenoxy) is 1. The van der Waals surface area contributed by atoms with Crippen molar-refractivity contribution >= 4 is 5.91 Å². The molecule has 0 unspecified atom stereocenters. The van der Waals surface area contributed by atoms with E-state index in [4.69, 9.17) is 9.15 Å². The largest absolute Gasteiger partial charge is 0.426 e. The molecule has 1 aliphatic rings. The van der Waals surface area contributed by atoms with Crippen LogP contribution in [-0.4, -0.2) is 50.1 Å². The van der Waals surface area contributed by atoms with Crippen molar-refractivity contribution in [2.75, 3.05) is 39.3 Å². The van der Waals surface area contributed by atoms with Gasteiger partial charge in [0.05, 0.1) is 0 Å². The standard InChI is InChI=1S/C17H21N3O3/c21-17(19-10-13-20-11-8-18-9-12-20)15-6-7-16(23-15)22-14-4-2-1-3-5-14/h1-7,18H,8-13H2,(H,19,21). The maximum absolute atomic E-state index is 12.1. The lowest BCUT2D eigenvalue weighted by Gasteiger charge is -2.26. The Morgan fingerprint density at radius 2 is 1.96 bits per heavy atom. The molecule has 3 rings (SSSR count). The minimum absolute atomic E-state index is 0.219. The van der Waals surface area contributed by atoms with Crippen LogP contribution in [0.4, 0.5) is 0 Å². The molecule has 2 heterocycles. The van der Waals surface area contributed by atoms with Gasteiger partial charge in [-0.2, -0.15) is 0 Å². The summed E-state index contributed by atoms with van der Waals surface area (Å²) in [6.45, 7) is 5.51. The van der Waals surface area contributed by atoms with E-state index >= 15 is 0 Å². The molecule has 0 radical (unpaired) electrons. The Hall–Kier alpha value is -2.31. The monoisotopic (exact) mass is 315 g/mol. The minimum atomic E-state index is -0.219.